The van der Waals surface area contributed by atoms with Crippen molar-refractivity contribution >= 4 is 22.5 Å². The van der Waals surface area contributed by atoms with Crippen LogP contribution in [0.1, 0.15) is 18.5 Å². The molecule has 1 fully saturated rings. The van der Waals surface area contributed by atoms with Crippen LogP contribution in [0.2, 0.25) is 5.02 Å². The number of benzene rings is 1. The van der Waals surface area contributed by atoms with Gasteiger partial charge in [0.2, 0.25) is 0 Å². The Hall–Kier alpha value is -2.61. The molecule has 2 atom stereocenters. The first kappa shape index (κ1) is 24.7. The van der Waals surface area contributed by atoms with E-state index in [0.717, 1.165) is 40.5 Å². The summed E-state index contributed by atoms with van der Waals surface area (Å²) in [5, 5.41) is 14.4. The van der Waals surface area contributed by atoms with E-state index in [1.54, 1.807) is 13.1 Å². The smallest absolute Gasteiger partial charge is 0.0944 e. The molecule has 2 unspecified atom stereocenters. The number of fused-ring (bicyclic) bond motifs is 1. The van der Waals surface area contributed by atoms with Crippen LogP contribution < -0.4 is 27.0 Å². The van der Waals surface area contributed by atoms with E-state index in [1.165, 1.54) is 19.4 Å². The van der Waals surface area contributed by atoms with Crippen molar-refractivity contribution < 1.29 is 0 Å². The molecule has 7 nitrogen and oxygen atoms in total. The molecular weight excluding hydrogens is 410 g/mol. The first-order valence-corrected chi connectivity index (χ1v) is 10.8. The number of aromatic amines is 1. The van der Waals surface area contributed by atoms with E-state index < -0.39 is 0 Å². The molecule has 170 valence electrons. The molecule has 0 bridgehead atoms. The lowest BCUT2D eigenvalue weighted by Gasteiger charge is -2.31. The van der Waals surface area contributed by atoms with Gasteiger partial charge in [-0.05, 0) is 50.7 Å². The Labute approximate surface area is 190 Å². The molecule has 0 radical (unpaired) electrons. The largest absolute Gasteiger partial charge is 0.375 e. The molecule has 1 aliphatic rings. The molecule has 3 rings (SSSR count). The monoisotopic (exact) mass is 445 g/mol. The van der Waals surface area contributed by atoms with Gasteiger partial charge in [-0.15, -0.1) is 0 Å². The van der Waals surface area contributed by atoms with Gasteiger partial charge in [-0.2, -0.15) is 0 Å². The van der Waals surface area contributed by atoms with Gasteiger partial charge >= 0.3 is 0 Å². The van der Waals surface area contributed by atoms with Gasteiger partial charge in [0.05, 0.1) is 24.4 Å². The summed E-state index contributed by atoms with van der Waals surface area (Å²) in [6.07, 6.45) is 3.83. The third-order valence-corrected chi connectivity index (χ3v) is 5.27. The average molecular weight is 446 g/mol. The summed E-state index contributed by atoms with van der Waals surface area (Å²) in [4.78, 5) is 5.75. The number of nitrogens with zero attached hydrogens (tertiary/aromatic N) is 1. The predicted molar refractivity (Wildman–Crippen MR) is 132 cm³/mol. The second kappa shape index (κ2) is 12.3. The standard InChI is InChI=1S/C17H23ClN4.C6H13N3/c1-12(20-15-4-3-7-22(2)11-15)19-10-16-9-13-8-14(18)5-6-17(13)21-16;1-4-6(7)9-5(2)8-3/h5-6,8-9,15,19-21H,1,3-4,7,10-11H2,2H3;4,6,8-9H,1-2,7H2,3H3. The van der Waals surface area contributed by atoms with E-state index in [2.05, 4.69) is 64.0 Å². The Kier molecular flexibility index (Phi) is 9.78. The normalized spacial score (nSPS) is 17.1. The highest BCUT2D eigenvalue weighted by Gasteiger charge is 2.16. The number of aromatic nitrogens is 1. The fourth-order valence-electron chi connectivity index (χ4n) is 3.37. The number of likely N-dealkylation sites (N-methyl/N-ethyl adjacent to an activating group) is 1. The lowest BCUT2D eigenvalue weighted by molar-refractivity contribution is 0.233. The van der Waals surface area contributed by atoms with Crippen molar-refractivity contribution in [2.24, 2.45) is 5.73 Å². The van der Waals surface area contributed by atoms with Gasteiger partial charge in [-0.3, -0.25) is 0 Å². The Morgan fingerprint density at radius 1 is 1.35 bits per heavy atom. The molecule has 1 aromatic heterocycles. The molecule has 1 aromatic carbocycles. The van der Waals surface area contributed by atoms with Crippen molar-refractivity contribution in [3.63, 3.8) is 0 Å². The van der Waals surface area contributed by atoms with E-state index >= 15 is 0 Å². The molecule has 0 amide bonds. The third-order valence-electron chi connectivity index (χ3n) is 5.03. The molecule has 8 heteroatoms. The van der Waals surface area contributed by atoms with Crippen LogP contribution in [0.3, 0.4) is 0 Å². The average Bonchev–Trinajstić information content (AvgIpc) is 3.14. The first-order valence-electron chi connectivity index (χ1n) is 10.5. The number of piperidine rings is 1. The van der Waals surface area contributed by atoms with Crippen molar-refractivity contribution in [1.82, 2.24) is 31.2 Å². The molecule has 1 saturated heterocycles. The molecule has 0 saturated carbocycles. The van der Waals surface area contributed by atoms with E-state index in [0.29, 0.717) is 11.9 Å². The lowest BCUT2D eigenvalue weighted by Crippen LogP contribution is -2.45. The number of rotatable bonds is 9. The van der Waals surface area contributed by atoms with Crippen LogP contribution in [0, 0.1) is 0 Å². The summed E-state index contributed by atoms with van der Waals surface area (Å²) in [6, 6.07) is 8.49. The fraction of sp³-hybridized carbons (Fsp3) is 0.391. The molecule has 0 spiro atoms. The van der Waals surface area contributed by atoms with Crippen LogP contribution in [0.25, 0.3) is 10.9 Å². The Balaban J connectivity index is 0.000000323. The van der Waals surface area contributed by atoms with E-state index in [4.69, 9.17) is 17.3 Å². The summed E-state index contributed by atoms with van der Waals surface area (Å²) in [5.74, 6) is 1.58. The topological polar surface area (TPSA) is 93.2 Å². The summed E-state index contributed by atoms with van der Waals surface area (Å²) in [7, 11) is 3.94. The molecule has 2 aromatic rings. The Morgan fingerprint density at radius 2 is 2.13 bits per heavy atom. The zero-order valence-electron chi connectivity index (χ0n) is 18.6. The zero-order chi connectivity index (χ0) is 22.8. The van der Waals surface area contributed by atoms with Crippen LogP contribution in [-0.2, 0) is 6.54 Å². The number of hydrogen-bond acceptors (Lipinski definition) is 6. The van der Waals surface area contributed by atoms with Gasteiger partial charge in [-0.1, -0.05) is 37.4 Å². The minimum atomic E-state index is -0.218. The number of nitrogens with one attached hydrogen (secondary N) is 5. The highest BCUT2D eigenvalue weighted by Crippen LogP contribution is 2.20. The second-order valence-corrected chi connectivity index (χ2v) is 8.17. The SMILES string of the molecule is C=C(NCc1cc2cc(Cl)ccc2[nH]1)NC1CCCN(C)C1.C=CC(N)NC(=C)NC. The van der Waals surface area contributed by atoms with Gasteiger partial charge in [0.25, 0.3) is 0 Å². The van der Waals surface area contributed by atoms with Crippen LogP contribution in [0.5, 0.6) is 0 Å². The zero-order valence-corrected chi connectivity index (χ0v) is 19.4. The van der Waals surface area contributed by atoms with Crippen molar-refractivity contribution in [3.8, 4) is 0 Å². The van der Waals surface area contributed by atoms with Gasteiger partial charge in [0.15, 0.2) is 0 Å². The Bertz CT molecular complexity index is 876. The maximum absolute atomic E-state index is 6.02. The molecule has 2 heterocycles. The van der Waals surface area contributed by atoms with Crippen LogP contribution >= 0.6 is 11.6 Å². The number of nitrogens with two attached hydrogens (primary N) is 1. The van der Waals surface area contributed by atoms with Gasteiger partial charge in [0.1, 0.15) is 0 Å². The number of H-pyrrole nitrogens is 1. The summed E-state index contributed by atoms with van der Waals surface area (Å²) in [5.41, 5.74) is 7.65. The lowest BCUT2D eigenvalue weighted by atomic mass is 10.1. The molecule has 0 aliphatic carbocycles. The van der Waals surface area contributed by atoms with Crippen LogP contribution in [0.4, 0.5) is 0 Å². The van der Waals surface area contributed by atoms with Crippen molar-refractivity contribution in [2.45, 2.75) is 31.6 Å². The molecular formula is C23H36ClN7. The van der Waals surface area contributed by atoms with Gasteiger partial charge < -0.3 is 36.9 Å². The predicted octanol–water partition coefficient (Wildman–Crippen LogP) is 2.80. The third kappa shape index (κ3) is 8.57. The number of hydrogen-bond donors (Lipinski definition) is 6. The molecule has 7 N–H and O–H groups in total. The van der Waals surface area contributed by atoms with Crippen LogP contribution in [0.15, 0.2) is 61.7 Å². The van der Waals surface area contributed by atoms with E-state index in [9.17, 15) is 0 Å². The highest BCUT2D eigenvalue weighted by molar-refractivity contribution is 6.31. The second-order valence-electron chi connectivity index (χ2n) is 7.74. The quantitative estimate of drug-likeness (QED) is 0.262. The van der Waals surface area contributed by atoms with E-state index in [-0.39, 0.29) is 6.17 Å². The maximum Gasteiger partial charge on any atom is 0.0944 e. The highest BCUT2D eigenvalue weighted by atomic mass is 35.5. The minimum absolute atomic E-state index is 0.218. The van der Waals surface area contributed by atoms with Crippen molar-refractivity contribution in [3.05, 3.63) is 72.4 Å². The van der Waals surface area contributed by atoms with Gasteiger partial charge in [0, 0.05) is 41.3 Å². The number of likely N-dealkylation sites (tertiary alicyclic amines) is 1. The fourth-order valence-corrected chi connectivity index (χ4v) is 3.56. The maximum atomic E-state index is 6.02. The van der Waals surface area contributed by atoms with Crippen LogP contribution in [-0.4, -0.2) is 49.3 Å². The van der Waals surface area contributed by atoms with Crippen molar-refractivity contribution in [2.75, 3.05) is 27.2 Å². The van der Waals surface area contributed by atoms with Crippen molar-refractivity contribution in [1.29, 1.82) is 0 Å². The minimum Gasteiger partial charge on any atom is -0.375 e. The van der Waals surface area contributed by atoms with Gasteiger partial charge in [-0.25, -0.2) is 0 Å². The summed E-state index contributed by atoms with van der Waals surface area (Å²) in [6.45, 7) is 14.2. The van der Waals surface area contributed by atoms with E-state index in [1.807, 2.05) is 18.2 Å². The summed E-state index contributed by atoms with van der Waals surface area (Å²) >= 11 is 6.02. The Morgan fingerprint density at radius 3 is 2.81 bits per heavy atom. The molecule has 1 aliphatic heterocycles. The number of halogens is 1. The first-order chi connectivity index (χ1) is 14.8. The molecule has 31 heavy (non-hydrogen) atoms. The summed E-state index contributed by atoms with van der Waals surface area (Å²) < 4.78 is 0.